The maximum Gasteiger partial charge on any atom is 0.293 e. The van der Waals surface area contributed by atoms with Crippen LogP contribution < -0.4 is 10.6 Å². The lowest BCUT2D eigenvalue weighted by atomic mass is 10.1. The topological polar surface area (TPSA) is 102 Å². The summed E-state index contributed by atoms with van der Waals surface area (Å²) < 4.78 is 1.92. The fourth-order valence-electron chi connectivity index (χ4n) is 2.02. The van der Waals surface area contributed by atoms with Crippen molar-refractivity contribution >= 4 is 17.3 Å². The lowest BCUT2D eigenvalue weighted by Crippen LogP contribution is -2.25. The summed E-state index contributed by atoms with van der Waals surface area (Å²) in [5, 5.41) is 16.5. The van der Waals surface area contributed by atoms with Gasteiger partial charge in [0.1, 0.15) is 5.69 Å². The third-order valence-corrected chi connectivity index (χ3v) is 3.16. The molecule has 0 fully saturated rings. The number of anilines is 1. The summed E-state index contributed by atoms with van der Waals surface area (Å²) >= 11 is 0. The maximum atomic E-state index is 12.0. The van der Waals surface area contributed by atoms with Gasteiger partial charge in [-0.15, -0.1) is 0 Å². The number of carbonyl (C=O) groups is 1. The Balaban J connectivity index is 1.91. The van der Waals surface area contributed by atoms with E-state index in [-0.39, 0.29) is 17.2 Å². The number of aryl methyl sites for hydroxylation is 1. The van der Waals surface area contributed by atoms with Crippen molar-refractivity contribution in [3.63, 3.8) is 0 Å². The molecule has 2 rings (SSSR count). The number of carbonyl (C=O) groups excluding carboxylic acids is 1. The van der Waals surface area contributed by atoms with E-state index in [1.54, 1.807) is 25.6 Å². The van der Waals surface area contributed by atoms with E-state index in [1.807, 2.05) is 10.8 Å². The Hall–Kier alpha value is -2.90. The largest absolute Gasteiger partial charge is 0.383 e. The number of hydrogen-bond acceptors (Lipinski definition) is 5. The number of nitrogens with zero attached hydrogens (tertiary/aromatic N) is 3. The van der Waals surface area contributed by atoms with Gasteiger partial charge in [-0.25, -0.2) is 4.98 Å². The van der Waals surface area contributed by atoms with Crippen LogP contribution in [0.1, 0.15) is 16.8 Å². The lowest BCUT2D eigenvalue weighted by Gasteiger charge is -2.07. The van der Waals surface area contributed by atoms with Crippen molar-refractivity contribution in [1.82, 2.24) is 14.9 Å². The number of rotatable bonds is 7. The maximum absolute atomic E-state index is 12.0. The van der Waals surface area contributed by atoms with Crippen molar-refractivity contribution in [1.29, 1.82) is 0 Å². The van der Waals surface area contributed by atoms with Gasteiger partial charge in [-0.1, -0.05) is 0 Å². The monoisotopic (exact) mass is 303 g/mol. The fourth-order valence-corrected chi connectivity index (χ4v) is 2.02. The van der Waals surface area contributed by atoms with E-state index >= 15 is 0 Å². The Bertz CT molecular complexity index is 655. The minimum atomic E-state index is -0.512. The van der Waals surface area contributed by atoms with Crippen molar-refractivity contribution in [2.75, 3.05) is 18.9 Å². The van der Waals surface area contributed by atoms with Crippen LogP contribution in [0.5, 0.6) is 0 Å². The first-order valence-electron chi connectivity index (χ1n) is 6.82. The van der Waals surface area contributed by atoms with E-state index in [1.165, 1.54) is 12.1 Å². The Morgan fingerprint density at radius 3 is 2.91 bits per heavy atom. The minimum absolute atomic E-state index is 0.117. The molecule has 0 atom stereocenters. The van der Waals surface area contributed by atoms with E-state index in [9.17, 15) is 14.9 Å². The molecule has 0 aliphatic heterocycles. The molecule has 116 valence electrons. The number of nitro groups is 1. The molecule has 22 heavy (non-hydrogen) atoms. The van der Waals surface area contributed by atoms with Crippen molar-refractivity contribution in [2.24, 2.45) is 0 Å². The van der Waals surface area contributed by atoms with Crippen LogP contribution >= 0.6 is 0 Å². The van der Waals surface area contributed by atoms with Gasteiger partial charge in [0.15, 0.2) is 0 Å². The molecular weight excluding hydrogens is 286 g/mol. The molecule has 0 radical (unpaired) electrons. The molecule has 0 unspecified atom stereocenters. The highest BCUT2D eigenvalue weighted by Gasteiger charge is 2.16. The molecule has 0 spiro atoms. The fraction of sp³-hybridized carbons (Fsp3) is 0.286. The minimum Gasteiger partial charge on any atom is -0.383 e. The van der Waals surface area contributed by atoms with Gasteiger partial charge in [0, 0.05) is 44.2 Å². The Kier molecular flexibility index (Phi) is 5.07. The van der Waals surface area contributed by atoms with E-state index < -0.39 is 4.92 Å². The Morgan fingerprint density at radius 2 is 2.27 bits per heavy atom. The molecule has 0 bridgehead atoms. The van der Waals surface area contributed by atoms with E-state index in [4.69, 9.17) is 0 Å². The van der Waals surface area contributed by atoms with Crippen LogP contribution in [0.15, 0.2) is 36.9 Å². The van der Waals surface area contributed by atoms with Crippen LogP contribution in [0.25, 0.3) is 0 Å². The first kappa shape index (κ1) is 15.5. The highest BCUT2D eigenvalue weighted by molar-refractivity contribution is 5.95. The number of nitro benzene ring substituents is 1. The second-order valence-electron chi connectivity index (χ2n) is 4.65. The van der Waals surface area contributed by atoms with Crippen LogP contribution in [0.2, 0.25) is 0 Å². The third kappa shape index (κ3) is 3.81. The molecule has 2 N–H and O–H groups in total. The van der Waals surface area contributed by atoms with Gasteiger partial charge in [0.2, 0.25) is 0 Å². The summed E-state index contributed by atoms with van der Waals surface area (Å²) in [6.45, 7) is 1.23. The Labute approximate surface area is 127 Å². The molecule has 1 aromatic carbocycles. The SMILES string of the molecule is CNc1ccc(C(=O)NCCCn2ccnc2)cc1[N+](=O)[O-]. The predicted molar refractivity (Wildman–Crippen MR) is 81.8 cm³/mol. The molecule has 1 amide bonds. The molecule has 1 heterocycles. The van der Waals surface area contributed by atoms with E-state index in [2.05, 4.69) is 15.6 Å². The molecule has 1 aromatic heterocycles. The van der Waals surface area contributed by atoms with Gasteiger partial charge >= 0.3 is 0 Å². The van der Waals surface area contributed by atoms with Crippen molar-refractivity contribution in [3.05, 3.63) is 52.6 Å². The summed E-state index contributed by atoms with van der Waals surface area (Å²) in [6, 6.07) is 4.36. The number of aromatic nitrogens is 2. The van der Waals surface area contributed by atoms with Crippen molar-refractivity contribution in [2.45, 2.75) is 13.0 Å². The smallest absolute Gasteiger partial charge is 0.293 e. The van der Waals surface area contributed by atoms with Crippen LogP contribution in [0.3, 0.4) is 0 Å². The second-order valence-corrected chi connectivity index (χ2v) is 4.65. The molecule has 0 saturated carbocycles. The number of imidazole rings is 1. The summed E-state index contributed by atoms with van der Waals surface area (Å²) in [4.78, 5) is 26.4. The van der Waals surface area contributed by atoms with E-state index in [0.29, 0.717) is 12.2 Å². The molecular formula is C14H17N5O3. The van der Waals surface area contributed by atoms with Crippen LogP contribution in [0, 0.1) is 10.1 Å². The first-order valence-corrected chi connectivity index (χ1v) is 6.82. The second kappa shape index (κ2) is 7.21. The summed E-state index contributed by atoms with van der Waals surface area (Å²) in [7, 11) is 1.60. The molecule has 2 aromatic rings. The summed E-state index contributed by atoms with van der Waals surface area (Å²) in [6.07, 6.45) is 6.00. The summed E-state index contributed by atoms with van der Waals surface area (Å²) in [5.41, 5.74) is 0.531. The standard InChI is InChI=1S/C14H17N5O3/c1-15-12-4-3-11(9-13(12)19(21)22)14(20)17-5-2-7-18-8-6-16-10-18/h3-4,6,8-10,15H,2,5,7H2,1H3,(H,17,20). The zero-order chi connectivity index (χ0) is 15.9. The normalized spacial score (nSPS) is 10.2. The number of nitrogens with one attached hydrogen (secondary N) is 2. The average molecular weight is 303 g/mol. The van der Waals surface area contributed by atoms with Crippen LogP contribution in [-0.2, 0) is 6.54 Å². The molecule has 0 aliphatic carbocycles. The van der Waals surface area contributed by atoms with Gasteiger partial charge in [-0.05, 0) is 18.6 Å². The highest BCUT2D eigenvalue weighted by Crippen LogP contribution is 2.24. The lowest BCUT2D eigenvalue weighted by molar-refractivity contribution is -0.384. The van der Waals surface area contributed by atoms with Gasteiger partial charge in [-0.2, -0.15) is 0 Å². The zero-order valence-electron chi connectivity index (χ0n) is 12.2. The number of benzene rings is 1. The van der Waals surface area contributed by atoms with Crippen LogP contribution in [-0.4, -0.2) is 34.0 Å². The number of amides is 1. The van der Waals surface area contributed by atoms with Crippen molar-refractivity contribution < 1.29 is 9.72 Å². The summed E-state index contributed by atoms with van der Waals surface area (Å²) in [5.74, 6) is -0.323. The molecule has 0 aliphatic rings. The van der Waals surface area contributed by atoms with E-state index in [0.717, 1.165) is 13.0 Å². The molecule has 8 nitrogen and oxygen atoms in total. The molecule has 8 heteroatoms. The van der Waals surface area contributed by atoms with Gasteiger partial charge < -0.3 is 15.2 Å². The predicted octanol–water partition coefficient (Wildman–Crippen LogP) is 1.65. The number of hydrogen-bond donors (Lipinski definition) is 2. The molecule has 0 saturated heterocycles. The third-order valence-electron chi connectivity index (χ3n) is 3.16. The first-order chi connectivity index (χ1) is 10.6. The zero-order valence-corrected chi connectivity index (χ0v) is 12.2. The quantitative estimate of drug-likeness (QED) is 0.460. The van der Waals surface area contributed by atoms with Gasteiger partial charge in [0.05, 0.1) is 11.3 Å². The van der Waals surface area contributed by atoms with Gasteiger partial charge in [0.25, 0.3) is 11.6 Å². The van der Waals surface area contributed by atoms with Crippen LogP contribution in [0.4, 0.5) is 11.4 Å². The average Bonchev–Trinajstić information content (AvgIpc) is 3.04. The van der Waals surface area contributed by atoms with Crippen molar-refractivity contribution in [3.8, 4) is 0 Å². The highest BCUT2D eigenvalue weighted by atomic mass is 16.6. The van der Waals surface area contributed by atoms with Gasteiger partial charge in [-0.3, -0.25) is 14.9 Å². The Morgan fingerprint density at radius 1 is 1.45 bits per heavy atom.